The minimum atomic E-state index is -0.445. The monoisotopic (exact) mass is 288 g/mol. The molecule has 4 nitrogen and oxygen atoms in total. The molecule has 4 heteroatoms. The first-order valence-corrected chi connectivity index (χ1v) is 6.95. The van der Waals surface area contributed by atoms with Crippen molar-refractivity contribution in [3.8, 4) is 11.8 Å². The Balaban J connectivity index is 2.70. The van der Waals surface area contributed by atoms with Crippen molar-refractivity contribution < 1.29 is 9.53 Å². The molecule has 0 bridgehead atoms. The van der Waals surface area contributed by atoms with Crippen molar-refractivity contribution in [3.05, 3.63) is 35.4 Å². The maximum absolute atomic E-state index is 12.2. The molecule has 0 unspecified atom stereocenters. The van der Waals surface area contributed by atoms with Gasteiger partial charge in [0.15, 0.2) is 0 Å². The molecule has 2 N–H and O–H groups in total. The molecule has 21 heavy (non-hydrogen) atoms. The van der Waals surface area contributed by atoms with E-state index < -0.39 is 5.60 Å². The second kappa shape index (κ2) is 7.82. The van der Waals surface area contributed by atoms with Crippen LogP contribution in [0.15, 0.2) is 24.3 Å². The van der Waals surface area contributed by atoms with Gasteiger partial charge in [0.1, 0.15) is 0 Å². The van der Waals surface area contributed by atoms with Gasteiger partial charge in [-0.15, -0.1) is 0 Å². The predicted molar refractivity (Wildman–Crippen MR) is 84.6 cm³/mol. The van der Waals surface area contributed by atoms with Crippen LogP contribution in [-0.4, -0.2) is 37.1 Å². The molecule has 0 aromatic heterocycles. The van der Waals surface area contributed by atoms with Gasteiger partial charge in [-0.2, -0.15) is 0 Å². The summed E-state index contributed by atoms with van der Waals surface area (Å²) >= 11 is 0. The minimum Gasteiger partial charge on any atom is -0.378 e. The highest BCUT2D eigenvalue weighted by atomic mass is 16.5. The zero-order valence-corrected chi connectivity index (χ0v) is 13.3. The van der Waals surface area contributed by atoms with E-state index in [1.54, 1.807) is 19.1 Å². The zero-order valence-electron chi connectivity index (χ0n) is 13.3. The summed E-state index contributed by atoms with van der Waals surface area (Å²) in [5, 5.41) is 0. The van der Waals surface area contributed by atoms with Crippen molar-refractivity contribution in [1.82, 2.24) is 4.90 Å². The molecule has 0 radical (unpaired) electrons. The molecule has 0 aliphatic carbocycles. The van der Waals surface area contributed by atoms with Crippen molar-refractivity contribution in [2.45, 2.75) is 32.4 Å². The van der Waals surface area contributed by atoms with Crippen molar-refractivity contribution in [2.75, 3.05) is 20.7 Å². The van der Waals surface area contributed by atoms with E-state index in [4.69, 9.17) is 10.5 Å². The first-order chi connectivity index (χ1) is 9.88. The van der Waals surface area contributed by atoms with Gasteiger partial charge in [-0.1, -0.05) is 24.0 Å². The maximum Gasteiger partial charge on any atom is 0.225 e. The van der Waals surface area contributed by atoms with Crippen molar-refractivity contribution in [1.29, 1.82) is 0 Å². The Bertz CT molecular complexity index is 541. The Morgan fingerprint density at radius 3 is 2.76 bits per heavy atom. The average Bonchev–Trinajstić information content (AvgIpc) is 2.45. The predicted octanol–water partition coefficient (Wildman–Crippen LogP) is 1.77. The third-order valence-corrected chi connectivity index (χ3v) is 3.24. The normalized spacial score (nSPS) is 10.7. The molecule has 114 valence electrons. The lowest BCUT2D eigenvalue weighted by Crippen LogP contribution is -2.34. The van der Waals surface area contributed by atoms with Crippen LogP contribution in [0.5, 0.6) is 0 Å². The molecule has 1 aromatic rings. The highest BCUT2D eigenvalue weighted by Crippen LogP contribution is 2.15. The van der Waals surface area contributed by atoms with Crippen LogP contribution in [0.2, 0.25) is 0 Å². The van der Waals surface area contributed by atoms with Crippen LogP contribution in [0, 0.1) is 11.8 Å². The molecule has 0 heterocycles. The molecule has 0 spiro atoms. The number of carbonyl (C=O) groups excluding carboxylic acids is 1. The number of ether oxygens (including phenoxy) is 1. The van der Waals surface area contributed by atoms with Gasteiger partial charge in [-0.3, -0.25) is 4.79 Å². The van der Waals surface area contributed by atoms with E-state index in [1.807, 2.05) is 38.1 Å². The molecule has 1 rings (SSSR count). The third kappa shape index (κ3) is 5.99. The lowest BCUT2D eigenvalue weighted by molar-refractivity contribution is -0.135. The van der Waals surface area contributed by atoms with Gasteiger partial charge in [0.2, 0.25) is 5.91 Å². The van der Waals surface area contributed by atoms with E-state index in [-0.39, 0.29) is 5.91 Å². The lowest BCUT2D eigenvalue weighted by Gasteiger charge is -2.25. The second-order valence-corrected chi connectivity index (χ2v) is 5.60. The van der Waals surface area contributed by atoms with Crippen LogP contribution in [0.3, 0.4) is 0 Å². The van der Waals surface area contributed by atoms with Crippen LogP contribution in [0.4, 0.5) is 0 Å². The minimum absolute atomic E-state index is 0.0558. The van der Waals surface area contributed by atoms with E-state index in [2.05, 4.69) is 11.8 Å². The third-order valence-electron chi connectivity index (χ3n) is 3.24. The van der Waals surface area contributed by atoms with Crippen molar-refractivity contribution >= 4 is 5.91 Å². The fourth-order valence-corrected chi connectivity index (χ4v) is 1.83. The molecule has 0 atom stereocenters. The van der Waals surface area contributed by atoms with Gasteiger partial charge in [0, 0.05) is 26.3 Å². The quantitative estimate of drug-likeness (QED) is 0.840. The number of nitrogens with zero attached hydrogens (tertiary/aromatic N) is 1. The molecular weight excluding hydrogens is 264 g/mol. The average molecular weight is 288 g/mol. The molecule has 1 amide bonds. The summed E-state index contributed by atoms with van der Waals surface area (Å²) in [4.78, 5) is 13.9. The first kappa shape index (κ1) is 17.2. The van der Waals surface area contributed by atoms with Gasteiger partial charge in [-0.25, -0.2) is 0 Å². The lowest BCUT2D eigenvalue weighted by atomic mass is 10.0. The van der Waals surface area contributed by atoms with Crippen molar-refractivity contribution in [2.24, 2.45) is 5.73 Å². The number of rotatable bonds is 5. The molecule has 0 aliphatic heterocycles. The molecule has 0 saturated heterocycles. The van der Waals surface area contributed by atoms with Gasteiger partial charge in [0.05, 0.1) is 18.6 Å². The van der Waals surface area contributed by atoms with Crippen molar-refractivity contribution in [3.63, 3.8) is 0 Å². The number of nitrogens with two attached hydrogens (primary N) is 1. The SMILES string of the molecule is COC(C)(C)CC(=O)N(C)Cc1cccc(C#CCN)c1. The number of hydrogen-bond acceptors (Lipinski definition) is 3. The molecule has 0 saturated carbocycles. The summed E-state index contributed by atoms with van der Waals surface area (Å²) in [6, 6.07) is 7.84. The molecule has 0 fully saturated rings. The van der Waals surface area contributed by atoms with Crippen LogP contribution >= 0.6 is 0 Å². The number of hydrogen-bond donors (Lipinski definition) is 1. The largest absolute Gasteiger partial charge is 0.378 e. The van der Waals surface area contributed by atoms with Crippen LogP contribution in [0.1, 0.15) is 31.4 Å². The summed E-state index contributed by atoms with van der Waals surface area (Å²) in [6.07, 6.45) is 0.354. The molecule has 1 aromatic carbocycles. The van der Waals surface area contributed by atoms with E-state index in [1.165, 1.54) is 0 Å². The summed E-state index contributed by atoms with van der Waals surface area (Å²) in [6.45, 7) is 4.70. The number of amides is 1. The number of carbonyl (C=O) groups is 1. The summed E-state index contributed by atoms with van der Waals surface area (Å²) in [5.74, 6) is 5.88. The van der Waals surface area contributed by atoms with E-state index in [0.29, 0.717) is 19.5 Å². The van der Waals surface area contributed by atoms with Crippen LogP contribution in [-0.2, 0) is 16.1 Å². The fourth-order valence-electron chi connectivity index (χ4n) is 1.83. The maximum atomic E-state index is 12.2. The topological polar surface area (TPSA) is 55.6 Å². The highest BCUT2D eigenvalue weighted by Gasteiger charge is 2.23. The zero-order chi connectivity index (χ0) is 15.9. The molecular formula is C17H24N2O2. The van der Waals surface area contributed by atoms with Crippen LogP contribution < -0.4 is 5.73 Å². The highest BCUT2D eigenvalue weighted by molar-refractivity contribution is 5.76. The van der Waals surface area contributed by atoms with Gasteiger partial charge >= 0.3 is 0 Å². The van der Waals surface area contributed by atoms with Gasteiger partial charge < -0.3 is 15.4 Å². The van der Waals surface area contributed by atoms with Crippen LogP contribution in [0.25, 0.3) is 0 Å². The smallest absolute Gasteiger partial charge is 0.225 e. The van der Waals surface area contributed by atoms with Gasteiger partial charge in [0.25, 0.3) is 0 Å². The second-order valence-electron chi connectivity index (χ2n) is 5.60. The Hall–Kier alpha value is -1.83. The standard InChI is InChI=1S/C17H24N2O2/c1-17(2,21-4)12-16(20)19(3)13-15-8-5-7-14(11-15)9-6-10-18/h5,7-8,11H,10,12-13,18H2,1-4H3. The summed E-state index contributed by atoms with van der Waals surface area (Å²) < 4.78 is 5.29. The molecule has 0 aliphatic rings. The van der Waals surface area contributed by atoms with E-state index in [9.17, 15) is 4.79 Å². The number of benzene rings is 1. The Labute approximate surface area is 127 Å². The summed E-state index contributed by atoms with van der Waals surface area (Å²) in [5.41, 5.74) is 6.88. The first-order valence-electron chi connectivity index (χ1n) is 6.95. The Morgan fingerprint density at radius 1 is 1.43 bits per heavy atom. The van der Waals surface area contributed by atoms with E-state index in [0.717, 1.165) is 11.1 Å². The van der Waals surface area contributed by atoms with E-state index >= 15 is 0 Å². The summed E-state index contributed by atoms with van der Waals surface area (Å²) in [7, 11) is 3.42. The number of methoxy groups -OCH3 is 1. The fraction of sp³-hybridized carbons (Fsp3) is 0.471. The Morgan fingerprint density at radius 2 is 2.14 bits per heavy atom. The van der Waals surface area contributed by atoms with Gasteiger partial charge in [-0.05, 0) is 31.5 Å². The Kier molecular flexibility index (Phi) is 6.41.